The Labute approximate surface area is 247 Å². The number of benzene rings is 3. The summed E-state index contributed by atoms with van der Waals surface area (Å²) < 4.78 is 144. The zero-order chi connectivity index (χ0) is 33.2. The molecule has 0 aromatic heterocycles. The summed E-state index contributed by atoms with van der Waals surface area (Å²) in [5, 5.41) is -1.11. The Bertz CT molecular complexity index is 1510. The maximum atomic E-state index is 14.7. The number of halogens is 11. The monoisotopic (exact) mass is 659 g/mol. The number of nitrogens with zero attached hydrogens (tertiary/aromatic N) is 1. The van der Waals surface area contributed by atoms with Gasteiger partial charge in [-0.25, -0.2) is 8.78 Å². The predicted octanol–water partition coefficient (Wildman–Crippen LogP) is 8.47. The average Bonchev–Trinajstić information content (AvgIpc) is 2.93. The number of ketones is 1. The van der Waals surface area contributed by atoms with Crippen molar-refractivity contribution in [3.05, 3.63) is 87.7 Å². The standard InChI is InChI=1S/C28H20ClF10NO4/c1-3-40(24(42)14-7-9-16(30)10-8-14)20-6-4-5-17(23(20)43-2)21(41)13-18-19(29)11-15(12-22(18)44-25(31)32)26(33,27(34,35)36)28(37,38)39/h4-12,25H,3,13H2,1-2H3. The smallest absolute Gasteiger partial charge is 0.435 e. The van der Waals surface area contributed by atoms with Crippen molar-refractivity contribution in [2.24, 2.45) is 0 Å². The van der Waals surface area contributed by atoms with Gasteiger partial charge in [0, 0.05) is 34.7 Å². The molecule has 5 nitrogen and oxygen atoms in total. The first-order valence-electron chi connectivity index (χ1n) is 12.2. The van der Waals surface area contributed by atoms with Gasteiger partial charge in [0.15, 0.2) is 11.5 Å². The van der Waals surface area contributed by atoms with Gasteiger partial charge < -0.3 is 14.4 Å². The van der Waals surface area contributed by atoms with Crippen molar-refractivity contribution in [1.29, 1.82) is 0 Å². The first-order chi connectivity index (χ1) is 20.4. The number of methoxy groups -OCH3 is 1. The van der Waals surface area contributed by atoms with E-state index < -0.39 is 70.5 Å². The Morgan fingerprint density at radius 1 is 0.932 bits per heavy atom. The SMILES string of the molecule is CCN(C(=O)c1ccc(F)cc1)c1cccc(C(=O)Cc2c(Cl)cc(C(F)(C(F)(F)F)C(F)(F)F)cc2OC(F)F)c1OC. The first kappa shape index (κ1) is 34.5. The second-order valence-electron chi connectivity index (χ2n) is 8.98. The first-order valence-corrected chi connectivity index (χ1v) is 12.6. The third-order valence-electron chi connectivity index (χ3n) is 6.33. The molecule has 0 heterocycles. The summed E-state index contributed by atoms with van der Waals surface area (Å²) in [6.45, 7) is -2.25. The lowest BCUT2D eigenvalue weighted by Gasteiger charge is -2.31. The summed E-state index contributed by atoms with van der Waals surface area (Å²) in [4.78, 5) is 27.7. The molecular formula is C28H20ClF10NO4. The van der Waals surface area contributed by atoms with E-state index in [1.807, 2.05) is 0 Å². The number of amides is 1. The fourth-order valence-electron chi connectivity index (χ4n) is 4.27. The maximum Gasteiger partial charge on any atom is 0.435 e. The van der Waals surface area contributed by atoms with E-state index in [0.29, 0.717) is 0 Å². The normalized spacial score (nSPS) is 12.3. The van der Waals surface area contributed by atoms with Crippen LogP contribution in [0.15, 0.2) is 54.6 Å². The number of hydrogen-bond acceptors (Lipinski definition) is 4. The number of anilines is 1. The number of Topliss-reactive ketones (excluding diaryl/α,β-unsaturated/α-hetero) is 1. The Morgan fingerprint density at radius 2 is 1.52 bits per heavy atom. The summed E-state index contributed by atoms with van der Waals surface area (Å²) >= 11 is 5.86. The van der Waals surface area contributed by atoms with Crippen LogP contribution in [0.2, 0.25) is 5.02 Å². The van der Waals surface area contributed by atoms with Gasteiger partial charge in [-0.1, -0.05) is 17.7 Å². The van der Waals surface area contributed by atoms with E-state index in [0.717, 1.165) is 24.1 Å². The minimum Gasteiger partial charge on any atom is -0.494 e. The van der Waals surface area contributed by atoms with Crippen molar-refractivity contribution in [2.45, 2.75) is 38.0 Å². The molecule has 0 saturated heterocycles. The van der Waals surface area contributed by atoms with Gasteiger partial charge >= 0.3 is 24.6 Å². The number of carbonyl (C=O) groups is 2. The highest BCUT2D eigenvalue weighted by Crippen LogP contribution is 2.54. The fourth-order valence-corrected chi connectivity index (χ4v) is 4.55. The Balaban J connectivity index is 2.11. The van der Waals surface area contributed by atoms with E-state index in [1.165, 1.54) is 30.3 Å². The molecule has 3 aromatic rings. The lowest BCUT2D eigenvalue weighted by molar-refractivity contribution is -0.348. The molecule has 0 aliphatic rings. The highest BCUT2D eigenvalue weighted by atomic mass is 35.5. The van der Waals surface area contributed by atoms with Gasteiger partial charge in [-0.2, -0.15) is 35.1 Å². The molecule has 3 rings (SSSR count). The molecule has 3 aromatic carbocycles. The number of ether oxygens (including phenoxy) is 2. The third-order valence-corrected chi connectivity index (χ3v) is 6.67. The number of hydrogen-bond donors (Lipinski definition) is 0. The van der Waals surface area contributed by atoms with Crippen LogP contribution < -0.4 is 14.4 Å². The van der Waals surface area contributed by atoms with Crippen LogP contribution in [0.4, 0.5) is 49.6 Å². The summed E-state index contributed by atoms with van der Waals surface area (Å²) in [5.41, 5.74) is -9.22. The Kier molecular flexibility index (Phi) is 10.1. The van der Waals surface area contributed by atoms with E-state index in [2.05, 4.69) is 4.74 Å². The summed E-state index contributed by atoms with van der Waals surface area (Å²) in [6.07, 6.45) is -14.2. The maximum absolute atomic E-state index is 14.7. The predicted molar refractivity (Wildman–Crippen MR) is 138 cm³/mol. The molecule has 44 heavy (non-hydrogen) atoms. The quantitative estimate of drug-likeness (QED) is 0.162. The lowest BCUT2D eigenvalue weighted by atomic mass is 9.91. The number of rotatable bonds is 10. The van der Waals surface area contributed by atoms with Gasteiger partial charge in [-0.15, -0.1) is 0 Å². The van der Waals surface area contributed by atoms with Crippen molar-refractivity contribution >= 4 is 29.0 Å². The third kappa shape index (κ3) is 6.71. The van der Waals surface area contributed by atoms with E-state index in [-0.39, 0.29) is 41.2 Å². The highest BCUT2D eigenvalue weighted by Gasteiger charge is 2.73. The molecule has 0 unspecified atom stereocenters. The molecule has 238 valence electrons. The minimum atomic E-state index is -6.58. The molecule has 0 N–H and O–H groups in total. The largest absolute Gasteiger partial charge is 0.494 e. The van der Waals surface area contributed by atoms with Crippen LogP contribution in [0.3, 0.4) is 0 Å². The molecule has 0 spiro atoms. The van der Waals surface area contributed by atoms with Crippen molar-refractivity contribution < 1.29 is 63.0 Å². The van der Waals surface area contributed by atoms with Gasteiger partial charge in [0.25, 0.3) is 5.91 Å². The summed E-state index contributed by atoms with van der Waals surface area (Å²) in [6, 6.07) is 8.03. The van der Waals surface area contributed by atoms with Gasteiger partial charge in [0.2, 0.25) is 0 Å². The molecule has 0 bridgehead atoms. The Hall–Kier alpha value is -4.01. The molecule has 0 radical (unpaired) electrons. The number of alkyl halides is 9. The molecule has 0 saturated carbocycles. The second kappa shape index (κ2) is 12.9. The van der Waals surface area contributed by atoms with Crippen LogP contribution in [0.5, 0.6) is 11.5 Å². The Morgan fingerprint density at radius 3 is 2.02 bits per heavy atom. The molecule has 1 amide bonds. The molecule has 16 heteroatoms. The lowest BCUT2D eigenvalue weighted by Crippen LogP contribution is -2.50. The van der Waals surface area contributed by atoms with Crippen molar-refractivity contribution in [3.63, 3.8) is 0 Å². The molecule has 0 fully saturated rings. The minimum absolute atomic E-state index is 0.00721. The van der Waals surface area contributed by atoms with E-state index in [9.17, 15) is 53.5 Å². The van der Waals surface area contributed by atoms with Crippen molar-refractivity contribution in [1.82, 2.24) is 0 Å². The summed E-state index contributed by atoms with van der Waals surface area (Å²) in [5.74, 6) is -3.89. The van der Waals surface area contributed by atoms with Gasteiger partial charge in [0.05, 0.1) is 18.4 Å². The van der Waals surface area contributed by atoms with Crippen molar-refractivity contribution in [2.75, 3.05) is 18.6 Å². The topological polar surface area (TPSA) is 55.8 Å². The molecule has 0 atom stereocenters. The molecule has 0 aliphatic heterocycles. The fraction of sp³-hybridized carbons (Fsp3) is 0.286. The van der Waals surface area contributed by atoms with Crippen molar-refractivity contribution in [3.8, 4) is 11.5 Å². The average molecular weight is 660 g/mol. The molecular weight excluding hydrogens is 640 g/mol. The number of para-hydroxylation sites is 1. The van der Waals surface area contributed by atoms with Crippen LogP contribution in [0, 0.1) is 5.82 Å². The summed E-state index contributed by atoms with van der Waals surface area (Å²) in [7, 11) is 1.12. The second-order valence-corrected chi connectivity index (χ2v) is 9.39. The van der Waals surface area contributed by atoms with Crippen LogP contribution >= 0.6 is 11.6 Å². The van der Waals surface area contributed by atoms with Crippen LogP contribution in [-0.2, 0) is 12.1 Å². The van der Waals surface area contributed by atoms with Gasteiger partial charge in [-0.05, 0) is 55.5 Å². The van der Waals surface area contributed by atoms with Crippen LogP contribution in [-0.4, -0.2) is 44.3 Å². The highest BCUT2D eigenvalue weighted by molar-refractivity contribution is 6.32. The van der Waals surface area contributed by atoms with E-state index in [4.69, 9.17) is 16.3 Å². The van der Waals surface area contributed by atoms with E-state index >= 15 is 0 Å². The van der Waals surface area contributed by atoms with Crippen LogP contribution in [0.1, 0.15) is 38.8 Å². The molecule has 0 aliphatic carbocycles. The van der Waals surface area contributed by atoms with Gasteiger partial charge in [-0.3, -0.25) is 9.59 Å². The number of carbonyl (C=O) groups excluding carboxylic acids is 2. The van der Waals surface area contributed by atoms with E-state index in [1.54, 1.807) is 6.92 Å². The van der Waals surface area contributed by atoms with Crippen LogP contribution in [0.25, 0.3) is 0 Å². The zero-order valence-corrected chi connectivity index (χ0v) is 23.2. The van der Waals surface area contributed by atoms with Gasteiger partial charge in [0.1, 0.15) is 11.6 Å². The zero-order valence-electron chi connectivity index (χ0n) is 22.4.